The van der Waals surface area contributed by atoms with Gasteiger partial charge in [-0.2, -0.15) is 0 Å². The number of hydrogen-bond acceptors (Lipinski definition) is 2. The van der Waals surface area contributed by atoms with E-state index in [9.17, 15) is 14.7 Å². The molecule has 3 unspecified atom stereocenters. The number of rotatable bonds is 4. The fourth-order valence-corrected chi connectivity index (χ4v) is 3.52. The lowest BCUT2D eigenvalue weighted by Gasteiger charge is -2.43. The van der Waals surface area contributed by atoms with Crippen LogP contribution in [0.15, 0.2) is 0 Å². The molecule has 1 saturated heterocycles. The van der Waals surface area contributed by atoms with E-state index in [1.54, 1.807) is 0 Å². The van der Waals surface area contributed by atoms with E-state index in [4.69, 9.17) is 0 Å². The van der Waals surface area contributed by atoms with Crippen molar-refractivity contribution in [2.45, 2.75) is 53.0 Å². The second-order valence-electron chi connectivity index (χ2n) is 6.82. The third kappa shape index (κ3) is 2.49. The van der Waals surface area contributed by atoms with Crippen molar-refractivity contribution in [3.63, 3.8) is 0 Å². The molecule has 1 aliphatic carbocycles. The van der Waals surface area contributed by atoms with E-state index in [-0.39, 0.29) is 23.3 Å². The lowest BCUT2D eigenvalue weighted by atomic mass is 9.79. The summed E-state index contributed by atoms with van der Waals surface area (Å²) in [5.41, 5.74) is 0.244. The third-order valence-electron chi connectivity index (χ3n) is 5.33. The lowest BCUT2D eigenvalue weighted by Crippen LogP contribution is -2.54. The van der Waals surface area contributed by atoms with Crippen LogP contribution < -0.4 is 0 Å². The standard InChI is InChI=1S/C15H25NO3/c1-9(2)15(5-6-15)8-16-11(4)13(14(18)19)10(3)7-12(16)17/h9-11,13H,5-8H2,1-4H3,(H,18,19). The van der Waals surface area contributed by atoms with Crippen molar-refractivity contribution >= 4 is 11.9 Å². The van der Waals surface area contributed by atoms with Gasteiger partial charge in [0.15, 0.2) is 0 Å². The fraction of sp³-hybridized carbons (Fsp3) is 0.867. The molecule has 4 nitrogen and oxygen atoms in total. The molecule has 3 atom stereocenters. The van der Waals surface area contributed by atoms with Gasteiger partial charge in [0.25, 0.3) is 0 Å². The van der Waals surface area contributed by atoms with E-state index in [1.165, 1.54) is 0 Å². The lowest BCUT2D eigenvalue weighted by molar-refractivity contribution is -0.155. The van der Waals surface area contributed by atoms with E-state index < -0.39 is 11.9 Å². The topological polar surface area (TPSA) is 57.6 Å². The molecule has 1 N–H and O–H groups in total. The number of amides is 1. The number of nitrogens with zero attached hydrogens (tertiary/aromatic N) is 1. The Morgan fingerprint density at radius 3 is 2.42 bits per heavy atom. The predicted molar refractivity (Wildman–Crippen MR) is 72.6 cm³/mol. The highest BCUT2D eigenvalue weighted by molar-refractivity contribution is 5.82. The SMILES string of the molecule is CC1CC(=O)N(CC2(C(C)C)CC2)C(C)C1C(=O)O. The number of carboxylic acid groups (broad SMARTS) is 1. The molecule has 0 aromatic rings. The molecule has 1 heterocycles. The summed E-state index contributed by atoms with van der Waals surface area (Å²) in [5.74, 6) is -0.586. The van der Waals surface area contributed by atoms with E-state index in [0.29, 0.717) is 12.3 Å². The molecule has 4 heteroatoms. The van der Waals surface area contributed by atoms with Crippen LogP contribution in [0.25, 0.3) is 0 Å². The van der Waals surface area contributed by atoms with Gasteiger partial charge in [0.1, 0.15) is 0 Å². The first-order valence-corrected chi connectivity index (χ1v) is 7.31. The molecule has 1 saturated carbocycles. The first-order chi connectivity index (χ1) is 8.78. The first kappa shape index (κ1) is 14.4. The molecule has 108 valence electrons. The van der Waals surface area contributed by atoms with Crippen molar-refractivity contribution in [3.05, 3.63) is 0 Å². The number of carbonyl (C=O) groups is 2. The van der Waals surface area contributed by atoms with E-state index in [0.717, 1.165) is 19.4 Å². The van der Waals surface area contributed by atoms with E-state index in [2.05, 4.69) is 13.8 Å². The Morgan fingerprint density at radius 1 is 1.42 bits per heavy atom. The molecule has 0 aromatic carbocycles. The fourth-order valence-electron chi connectivity index (χ4n) is 3.52. The summed E-state index contributed by atoms with van der Waals surface area (Å²) >= 11 is 0. The van der Waals surface area contributed by atoms with Crippen molar-refractivity contribution in [3.8, 4) is 0 Å². The van der Waals surface area contributed by atoms with Gasteiger partial charge < -0.3 is 10.0 Å². The molecular weight excluding hydrogens is 242 g/mol. The van der Waals surface area contributed by atoms with Gasteiger partial charge in [0.2, 0.25) is 5.91 Å². The summed E-state index contributed by atoms with van der Waals surface area (Å²) in [6.45, 7) is 8.90. The molecule has 0 aromatic heterocycles. The van der Waals surface area contributed by atoms with Crippen LogP contribution in [0, 0.1) is 23.2 Å². The molecule has 0 bridgehead atoms. The Balaban J connectivity index is 2.15. The van der Waals surface area contributed by atoms with Crippen LogP contribution in [0.1, 0.15) is 47.0 Å². The van der Waals surface area contributed by atoms with Gasteiger partial charge in [-0.15, -0.1) is 0 Å². The molecule has 1 amide bonds. The zero-order valence-corrected chi connectivity index (χ0v) is 12.3. The summed E-state index contributed by atoms with van der Waals surface area (Å²) < 4.78 is 0. The predicted octanol–water partition coefficient (Wildman–Crippen LogP) is 2.38. The summed E-state index contributed by atoms with van der Waals surface area (Å²) in [6.07, 6.45) is 2.69. The van der Waals surface area contributed by atoms with Crippen LogP contribution in [0.2, 0.25) is 0 Å². The number of piperidine rings is 1. The normalized spacial score (nSPS) is 33.6. The molecule has 19 heavy (non-hydrogen) atoms. The molecule has 1 aliphatic heterocycles. The van der Waals surface area contributed by atoms with Gasteiger partial charge in [-0.25, -0.2) is 0 Å². The zero-order valence-electron chi connectivity index (χ0n) is 12.3. The van der Waals surface area contributed by atoms with Crippen LogP contribution >= 0.6 is 0 Å². The van der Waals surface area contributed by atoms with Crippen LogP contribution in [0.4, 0.5) is 0 Å². The summed E-state index contributed by atoms with van der Waals surface area (Å²) in [7, 11) is 0. The van der Waals surface area contributed by atoms with Crippen molar-refractivity contribution in [2.75, 3.05) is 6.54 Å². The summed E-state index contributed by atoms with van der Waals surface area (Å²) in [4.78, 5) is 25.5. The van der Waals surface area contributed by atoms with Gasteiger partial charge in [-0.3, -0.25) is 9.59 Å². The van der Waals surface area contributed by atoms with Crippen LogP contribution in [0.5, 0.6) is 0 Å². The van der Waals surface area contributed by atoms with Crippen LogP contribution in [-0.2, 0) is 9.59 Å². The third-order valence-corrected chi connectivity index (χ3v) is 5.33. The largest absolute Gasteiger partial charge is 0.481 e. The molecular formula is C15H25NO3. The maximum atomic E-state index is 12.2. The van der Waals surface area contributed by atoms with Gasteiger partial charge in [0, 0.05) is 19.0 Å². The average Bonchev–Trinajstić information content (AvgIpc) is 3.04. The Bertz CT molecular complexity index is 387. The van der Waals surface area contributed by atoms with E-state index in [1.807, 2.05) is 18.7 Å². The highest BCUT2D eigenvalue weighted by Gasteiger charge is 2.50. The van der Waals surface area contributed by atoms with Gasteiger partial charge in [-0.05, 0) is 37.0 Å². The second kappa shape index (κ2) is 4.80. The first-order valence-electron chi connectivity index (χ1n) is 7.31. The van der Waals surface area contributed by atoms with Crippen molar-refractivity contribution in [1.82, 2.24) is 4.90 Å². The summed E-state index contributed by atoms with van der Waals surface area (Å²) in [6, 6.07) is -0.190. The van der Waals surface area contributed by atoms with Crippen molar-refractivity contribution < 1.29 is 14.7 Å². The maximum Gasteiger partial charge on any atom is 0.308 e. The van der Waals surface area contributed by atoms with Crippen molar-refractivity contribution in [2.24, 2.45) is 23.2 Å². The Morgan fingerprint density at radius 2 is 2.00 bits per heavy atom. The highest BCUT2D eigenvalue weighted by atomic mass is 16.4. The number of carbonyl (C=O) groups excluding carboxylic acids is 1. The second-order valence-corrected chi connectivity index (χ2v) is 6.82. The minimum absolute atomic E-state index is 0.0644. The molecule has 0 spiro atoms. The highest BCUT2D eigenvalue weighted by Crippen LogP contribution is 2.53. The average molecular weight is 267 g/mol. The smallest absolute Gasteiger partial charge is 0.308 e. The Labute approximate surface area is 115 Å². The minimum Gasteiger partial charge on any atom is -0.481 e. The molecule has 2 fully saturated rings. The quantitative estimate of drug-likeness (QED) is 0.850. The Hall–Kier alpha value is -1.06. The minimum atomic E-state index is -0.771. The van der Waals surface area contributed by atoms with Crippen molar-refractivity contribution in [1.29, 1.82) is 0 Å². The Kier molecular flexibility index (Phi) is 3.63. The van der Waals surface area contributed by atoms with Gasteiger partial charge >= 0.3 is 5.97 Å². The van der Waals surface area contributed by atoms with E-state index >= 15 is 0 Å². The maximum absolute atomic E-state index is 12.2. The van der Waals surface area contributed by atoms with Crippen LogP contribution in [-0.4, -0.2) is 34.5 Å². The van der Waals surface area contributed by atoms with Gasteiger partial charge in [0.05, 0.1) is 5.92 Å². The molecule has 0 radical (unpaired) electrons. The van der Waals surface area contributed by atoms with Crippen LogP contribution in [0.3, 0.4) is 0 Å². The molecule has 2 rings (SSSR count). The molecule has 2 aliphatic rings. The number of aliphatic carboxylic acids is 1. The zero-order chi connectivity index (χ0) is 14.4. The monoisotopic (exact) mass is 267 g/mol. The number of hydrogen-bond donors (Lipinski definition) is 1. The number of likely N-dealkylation sites (tertiary alicyclic amines) is 1. The summed E-state index contributed by atoms with van der Waals surface area (Å²) in [5, 5.41) is 9.37. The van der Waals surface area contributed by atoms with Gasteiger partial charge in [-0.1, -0.05) is 20.8 Å². The number of carboxylic acids is 1.